The van der Waals surface area contributed by atoms with E-state index < -0.39 is 10.0 Å². The lowest BCUT2D eigenvalue weighted by atomic mass is 9.84. The third kappa shape index (κ3) is 3.33. The van der Waals surface area contributed by atoms with Crippen LogP contribution in [0, 0.1) is 0 Å². The first-order chi connectivity index (χ1) is 12.5. The number of amides is 1. The molecule has 0 atom stereocenters. The van der Waals surface area contributed by atoms with E-state index in [9.17, 15) is 13.2 Å². The van der Waals surface area contributed by atoms with E-state index in [1.807, 2.05) is 18.2 Å². The third-order valence-corrected chi connectivity index (χ3v) is 6.66. The van der Waals surface area contributed by atoms with Gasteiger partial charge in [-0.3, -0.25) is 9.52 Å². The SMILES string of the molecule is O=C1Cc2cccc(NS(=O)(=O)c3ccc(C4CCCCC4)cc3)c2N1. The maximum atomic E-state index is 12.7. The average molecular weight is 370 g/mol. The molecular weight excluding hydrogens is 348 g/mol. The van der Waals surface area contributed by atoms with Gasteiger partial charge in [-0.2, -0.15) is 0 Å². The summed E-state index contributed by atoms with van der Waals surface area (Å²) in [7, 11) is -3.70. The zero-order valence-corrected chi connectivity index (χ0v) is 15.3. The van der Waals surface area contributed by atoms with E-state index in [0.29, 0.717) is 17.3 Å². The van der Waals surface area contributed by atoms with Crippen molar-refractivity contribution in [1.29, 1.82) is 0 Å². The van der Waals surface area contributed by atoms with Gasteiger partial charge in [-0.05, 0) is 48.1 Å². The highest BCUT2D eigenvalue weighted by Crippen LogP contribution is 2.34. The zero-order chi connectivity index (χ0) is 18.1. The topological polar surface area (TPSA) is 75.3 Å². The first-order valence-corrected chi connectivity index (χ1v) is 10.6. The fourth-order valence-electron chi connectivity index (χ4n) is 3.90. The average Bonchev–Trinajstić information content (AvgIpc) is 3.04. The minimum atomic E-state index is -3.70. The highest BCUT2D eigenvalue weighted by molar-refractivity contribution is 7.92. The quantitative estimate of drug-likeness (QED) is 0.853. The second-order valence-electron chi connectivity index (χ2n) is 7.07. The van der Waals surface area contributed by atoms with Crippen LogP contribution in [0.2, 0.25) is 0 Å². The molecule has 2 aromatic carbocycles. The largest absolute Gasteiger partial charge is 0.324 e. The third-order valence-electron chi connectivity index (χ3n) is 5.28. The molecule has 1 saturated carbocycles. The summed E-state index contributed by atoms with van der Waals surface area (Å²) < 4.78 is 28.1. The Labute approximate surface area is 153 Å². The minimum Gasteiger partial charge on any atom is -0.324 e. The second-order valence-corrected chi connectivity index (χ2v) is 8.76. The van der Waals surface area contributed by atoms with Crippen molar-refractivity contribution >= 4 is 27.3 Å². The van der Waals surface area contributed by atoms with E-state index >= 15 is 0 Å². The van der Waals surface area contributed by atoms with E-state index in [1.54, 1.807) is 24.3 Å². The fraction of sp³-hybridized carbons (Fsp3) is 0.350. The lowest BCUT2D eigenvalue weighted by Gasteiger charge is -2.22. The number of benzene rings is 2. The first kappa shape index (κ1) is 17.1. The monoisotopic (exact) mass is 370 g/mol. The van der Waals surface area contributed by atoms with Crippen molar-refractivity contribution < 1.29 is 13.2 Å². The Bertz CT molecular complexity index is 930. The Morgan fingerprint density at radius 1 is 0.962 bits per heavy atom. The molecule has 2 aliphatic rings. The summed E-state index contributed by atoms with van der Waals surface area (Å²) in [5.74, 6) is 0.421. The summed E-state index contributed by atoms with van der Waals surface area (Å²) in [5.41, 5.74) is 2.99. The van der Waals surface area contributed by atoms with Gasteiger partial charge >= 0.3 is 0 Å². The van der Waals surface area contributed by atoms with Crippen LogP contribution in [-0.2, 0) is 21.2 Å². The Kier molecular flexibility index (Phi) is 4.44. The van der Waals surface area contributed by atoms with Crippen LogP contribution in [0.4, 0.5) is 11.4 Å². The fourth-order valence-corrected chi connectivity index (χ4v) is 4.97. The highest BCUT2D eigenvalue weighted by atomic mass is 32.2. The Hall–Kier alpha value is -2.34. The van der Waals surface area contributed by atoms with Crippen LogP contribution < -0.4 is 10.0 Å². The molecule has 0 saturated heterocycles. The number of carbonyl (C=O) groups excluding carboxylic acids is 1. The number of carbonyl (C=O) groups is 1. The molecule has 0 spiro atoms. The van der Waals surface area contributed by atoms with E-state index in [1.165, 1.54) is 37.7 Å². The molecule has 1 heterocycles. The molecule has 1 fully saturated rings. The van der Waals surface area contributed by atoms with Crippen molar-refractivity contribution in [2.24, 2.45) is 0 Å². The Morgan fingerprint density at radius 3 is 2.42 bits per heavy atom. The molecule has 26 heavy (non-hydrogen) atoms. The molecule has 0 radical (unpaired) electrons. The van der Waals surface area contributed by atoms with Crippen LogP contribution in [0.1, 0.15) is 49.1 Å². The molecule has 6 heteroatoms. The Balaban J connectivity index is 1.56. The van der Waals surface area contributed by atoms with Crippen molar-refractivity contribution in [3.8, 4) is 0 Å². The molecular formula is C20H22N2O3S. The number of anilines is 2. The minimum absolute atomic E-state index is 0.122. The van der Waals surface area contributed by atoms with Gasteiger partial charge in [0, 0.05) is 0 Å². The summed E-state index contributed by atoms with van der Waals surface area (Å²) in [6, 6.07) is 12.5. The number of nitrogens with one attached hydrogen (secondary N) is 2. The summed E-state index contributed by atoms with van der Waals surface area (Å²) in [6.07, 6.45) is 6.43. The van der Waals surface area contributed by atoms with Gasteiger partial charge in [0.1, 0.15) is 0 Å². The van der Waals surface area contributed by atoms with Crippen molar-refractivity contribution in [2.75, 3.05) is 10.0 Å². The summed E-state index contributed by atoms with van der Waals surface area (Å²) in [6.45, 7) is 0. The molecule has 1 aliphatic heterocycles. The van der Waals surface area contributed by atoms with Gasteiger partial charge in [0.05, 0.1) is 22.7 Å². The van der Waals surface area contributed by atoms with Crippen molar-refractivity contribution in [1.82, 2.24) is 0 Å². The van der Waals surface area contributed by atoms with E-state index in [4.69, 9.17) is 0 Å². The zero-order valence-electron chi connectivity index (χ0n) is 14.5. The van der Waals surface area contributed by atoms with Crippen LogP contribution in [0.25, 0.3) is 0 Å². The highest BCUT2D eigenvalue weighted by Gasteiger charge is 2.24. The van der Waals surface area contributed by atoms with Gasteiger partial charge in [-0.25, -0.2) is 8.42 Å². The molecule has 0 unspecified atom stereocenters. The molecule has 4 rings (SSSR count). The predicted octanol–water partition coefficient (Wildman–Crippen LogP) is 4.03. The summed E-state index contributed by atoms with van der Waals surface area (Å²) >= 11 is 0. The van der Waals surface area contributed by atoms with E-state index in [-0.39, 0.29) is 17.2 Å². The molecule has 1 aliphatic carbocycles. The molecule has 0 bridgehead atoms. The summed E-state index contributed by atoms with van der Waals surface area (Å²) in [4.78, 5) is 11.8. The van der Waals surface area contributed by atoms with Crippen molar-refractivity contribution in [3.63, 3.8) is 0 Å². The van der Waals surface area contributed by atoms with Gasteiger partial charge in [0.2, 0.25) is 5.91 Å². The standard InChI is InChI=1S/C20H22N2O3S/c23-19-13-16-7-4-8-18(20(16)21-19)22-26(24,25)17-11-9-15(10-12-17)14-5-2-1-3-6-14/h4,7-12,14,22H,1-3,5-6,13H2,(H,21,23). The predicted molar refractivity (Wildman–Crippen MR) is 102 cm³/mol. The first-order valence-electron chi connectivity index (χ1n) is 9.07. The lowest BCUT2D eigenvalue weighted by molar-refractivity contribution is -0.115. The van der Waals surface area contributed by atoms with Crippen LogP contribution in [-0.4, -0.2) is 14.3 Å². The summed E-state index contributed by atoms with van der Waals surface area (Å²) in [5, 5.41) is 2.73. The smallest absolute Gasteiger partial charge is 0.261 e. The lowest BCUT2D eigenvalue weighted by Crippen LogP contribution is -2.15. The van der Waals surface area contributed by atoms with Crippen molar-refractivity contribution in [3.05, 3.63) is 53.6 Å². The van der Waals surface area contributed by atoms with Crippen LogP contribution >= 0.6 is 0 Å². The molecule has 5 nitrogen and oxygen atoms in total. The van der Waals surface area contributed by atoms with Gasteiger partial charge < -0.3 is 5.32 Å². The van der Waals surface area contributed by atoms with E-state index in [0.717, 1.165) is 5.56 Å². The maximum Gasteiger partial charge on any atom is 0.261 e. The number of sulfonamides is 1. The molecule has 2 aromatic rings. The van der Waals surface area contributed by atoms with E-state index in [2.05, 4.69) is 10.0 Å². The van der Waals surface area contributed by atoms with Crippen LogP contribution in [0.15, 0.2) is 47.4 Å². The Morgan fingerprint density at radius 2 is 1.69 bits per heavy atom. The number of hydrogen-bond donors (Lipinski definition) is 2. The number of para-hydroxylation sites is 1. The van der Waals surface area contributed by atoms with Gasteiger partial charge in [-0.1, -0.05) is 43.5 Å². The van der Waals surface area contributed by atoms with Crippen LogP contribution in [0.3, 0.4) is 0 Å². The van der Waals surface area contributed by atoms with Crippen LogP contribution in [0.5, 0.6) is 0 Å². The molecule has 2 N–H and O–H groups in total. The number of fused-ring (bicyclic) bond motifs is 1. The van der Waals surface area contributed by atoms with Crippen molar-refractivity contribution in [2.45, 2.75) is 49.3 Å². The number of hydrogen-bond acceptors (Lipinski definition) is 3. The molecule has 1 amide bonds. The van der Waals surface area contributed by atoms with Gasteiger partial charge in [0.25, 0.3) is 10.0 Å². The molecule has 0 aromatic heterocycles. The van der Waals surface area contributed by atoms with Gasteiger partial charge in [0.15, 0.2) is 0 Å². The van der Waals surface area contributed by atoms with Gasteiger partial charge in [-0.15, -0.1) is 0 Å². The second kappa shape index (κ2) is 6.76. The molecule has 136 valence electrons. The normalized spacial score (nSPS) is 17.6. The number of rotatable bonds is 4. The maximum absolute atomic E-state index is 12.7.